The van der Waals surface area contributed by atoms with E-state index in [2.05, 4.69) is 10.1 Å². The average Bonchev–Trinajstić information content (AvgIpc) is 2.74. The summed E-state index contributed by atoms with van der Waals surface area (Å²) < 4.78 is 1.85. The fourth-order valence-corrected chi connectivity index (χ4v) is 1.85. The van der Waals surface area contributed by atoms with E-state index in [0.717, 1.165) is 24.1 Å². The quantitative estimate of drug-likeness (QED) is 0.845. The number of aliphatic hydroxyl groups is 1. The molecule has 2 rings (SSSR count). The number of aryl methyl sites for hydroxylation is 2. The normalized spacial score (nSPS) is 12.6. The molecule has 0 saturated heterocycles. The molecule has 1 atom stereocenters. The first kappa shape index (κ1) is 11.8. The van der Waals surface area contributed by atoms with Crippen molar-refractivity contribution < 1.29 is 5.11 Å². The molecule has 1 unspecified atom stereocenters. The summed E-state index contributed by atoms with van der Waals surface area (Å²) >= 11 is 0. The zero-order chi connectivity index (χ0) is 12.1. The number of aliphatic hydroxyl groups excluding tert-OH is 1. The van der Waals surface area contributed by atoms with Crippen molar-refractivity contribution in [3.63, 3.8) is 0 Å². The first-order chi connectivity index (χ1) is 8.25. The molecule has 0 saturated carbocycles. The molecule has 0 fully saturated rings. The minimum atomic E-state index is -0.313. The molecule has 0 aliphatic heterocycles. The fourth-order valence-electron chi connectivity index (χ4n) is 1.85. The van der Waals surface area contributed by atoms with E-state index in [9.17, 15) is 5.11 Å². The van der Waals surface area contributed by atoms with Crippen LogP contribution >= 0.6 is 0 Å². The van der Waals surface area contributed by atoms with Crippen molar-refractivity contribution in [2.75, 3.05) is 0 Å². The van der Waals surface area contributed by atoms with Crippen LogP contribution in [0.3, 0.4) is 0 Å². The molecule has 90 valence electrons. The standard InChI is InChI=1S/C13H17N3O/c1-16-12(6-9-15-16)2-3-13(17)10-11-4-7-14-8-5-11/h4-9,13,17H,2-3,10H2,1H3. The number of pyridine rings is 1. The second kappa shape index (κ2) is 5.59. The number of hydrogen-bond donors (Lipinski definition) is 1. The lowest BCUT2D eigenvalue weighted by molar-refractivity contribution is 0.164. The van der Waals surface area contributed by atoms with Crippen LogP contribution in [0.25, 0.3) is 0 Å². The molecule has 0 aliphatic rings. The molecule has 2 aromatic rings. The predicted octanol–water partition coefficient (Wildman–Crippen LogP) is 1.35. The molecule has 0 aliphatic carbocycles. The Kier molecular flexibility index (Phi) is 3.88. The Bertz CT molecular complexity index is 453. The van der Waals surface area contributed by atoms with Crippen molar-refractivity contribution in [3.8, 4) is 0 Å². The third kappa shape index (κ3) is 3.39. The lowest BCUT2D eigenvalue weighted by Crippen LogP contribution is -2.12. The Morgan fingerprint density at radius 1 is 1.24 bits per heavy atom. The summed E-state index contributed by atoms with van der Waals surface area (Å²) in [7, 11) is 1.92. The van der Waals surface area contributed by atoms with E-state index in [1.807, 2.05) is 29.9 Å². The van der Waals surface area contributed by atoms with E-state index in [1.54, 1.807) is 18.6 Å². The minimum Gasteiger partial charge on any atom is -0.393 e. The molecule has 0 amide bonds. The van der Waals surface area contributed by atoms with Crippen LogP contribution in [0.5, 0.6) is 0 Å². The van der Waals surface area contributed by atoms with E-state index in [-0.39, 0.29) is 6.10 Å². The van der Waals surface area contributed by atoms with Gasteiger partial charge in [0.15, 0.2) is 0 Å². The van der Waals surface area contributed by atoms with Crippen LogP contribution in [0.15, 0.2) is 36.8 Å². The highest BCUT2D eigenvalue weighted by atomic mass is 16.3. The number of nitrogens with zero attached hydrogens (tertiary/aromatic N) is 3. The third-order valence-corrected chi connectivity index (χ3v) is 2.88. The molecular formula is C13H17N3O. The molecule has 17 heavy (non-hydrogen) atoms. The summed E-state index contributed by atoms with van der Waals surface area (Å²) in [5.41, 5.74) is 2.27. The molecule has 2 heterocycles. The van der Waals surface area contributed by atoms with Crippen molar-refractivity contribution >= 4 is 0 Å². The van der Waals surface area contributed by atoms with Crippen molar-refractivity contribution in [2.24, 2.45) is 7.05 Å². The van der Waals surface area contributed by atoms with Crippen molar-refractivity contribution in [2.45, 2.75) is 25.4 Å². The summed E-state index contributed by atoms with van der Waals surface area (Å²) in [6.45, 7) is 0. The smallest absolute Gasteiger partial charge is 0.0584 e. The van der Waals surface area contributed by atoms with Gasteiger partial charge < -0.3 is 5.11 Å². The molecule has 4 nitrogen and oxygen atoms in total. The molecular weight excluding hydrogens is 214 g/mol. The van der Waals surface area contributed by atoms with Gasteiger partial charge >= 0.3 is 0 Å². The first-order valence-corrected chi connectivity index (χ1v) is 5.79. The second-order valence-electron chi connectivity index (χ2n) is 4.20. The van der Waals surface area contributed by atoms with Gasteiger partial charge in [-0.2, -0.15) is 5.10 Å². The maximum Gasteiger partial charge on any atom is 0.0584 e. The zero-order valence-electron chi connectivity index (χ0n) is 9.95. The Balaban J connectivity index is 1.82. The lowest BCUT2D eigenvalue weighted by Gasteiger charge is -2.10. The topological polar surface area (TPSA) is 50.9 Å². The fraction of sp³-hybridized carbons (Fsp3) is 0.385. The predicted molar refractivity (Wildman–Crippen MR) is 65.5 cm³/mol. The lowest BCUT2D eigenvalue weighted by atomic mass is 10.0. The summed E-state index contributed by atoms with van der Waals surface area (Å²) in [6.07, 6.45) is 7.26. The van der Waals surface area contributed by atoms with Gasteiger partial charge in [0.1, 0.15) is 0 Å². The van der Waals surface area contributed by atoms with Crippen LogP contribution in [0.1, 0.15) is 17.7 Å². The minimum absolute atomic E-state index is 0.313. The Labute approximate surface area is 101 Å². The number of aromatic nitrogens is 3. The van der Waals surface area contributed by atoms with E-state index < -0.39 is 0 Å². The van der Waals surface area contributed by atoms with Crippen molar-refractivity contribution in [1.82, 2.24) is 14.8 Å². The molecule has 1 N–H and O–H groups in total. The Hall–Kier alpha value is -1.68. The highest BCUT2D eigenvalue weighted by Gasteiger charge is 2.07. The van der Waals surface area contributed by atoms with Gasteiger partial charge in [-0.05, 0) is 43.0 Å². The summed E-state index contributed by atoms with van der Waals surface area (Å²) in [5.74, 6) is 0. The second-order valence-corrected chi connectivity index (χ2v) is 4.20. The molecule has 0 spiro atoms. The monoisotopic (exact) mass is 231 g/mol. The van der Waals surface area contributed by atoms with E-state index >= 15 is 0 Å². The van der Waals surface area contributed by atoms with Crippen molar-refractivity contribution in [3.05, 3.63) is 48.0 Å². The summed E-state index contributed by atoms with van der Waals surface area (Å²) in [5, 5.41) is 14.0. The summed E-state index contributed by atoms with van der Waals surface area (Å²) in [6, 6.07) is 5.86. The highest BCUT2D eigenvalue weighted by Crippen LogP contribution is 2.08. The van der Waals surface area contributed by atoms with Crippen LogP contribution < -0.4 is 0 Å². The van der Waals surface area contributed by atoms with E-state index in [0.29, 0.717) is 6.42 Å². The van der Waals surface area contributed by atoms with Crippen LogP contribution in [0.4, 0.5) is 0 Å². The number of hydrogen-bond acceptors (Lipinski definition) is 3. The van der Waals surface area contributed by atoms with Crippen LogP contribution in [0.2, 0.25) is 0 Å². The molecule has 2 aromatic heterocycles. The van der Waals surface area contributed by atoms with Gasteiger partial charge in [0.25, 0.3) is 0 Å². The van der Waals surface area contributed by atoms with Crippen LogP contribution in [0, 0.1) is 0 Å². The van der Waals surface area contributed by atoms with Gasteiger partial charge in [-0.25, -0.2) is 0 Å². The maximum atomic E-state index is 9.94. The van der Waals surface area contributed by atoms with Gasteiger partial charge in [-0.15, -0.1) is 0 Å². The van der Waals surface area contributed by atoms with Gasteiger partial charge in [0.2, 0.25) is 0 Å². The number of rotatable bonds is 5. The molecule has 0 radical (unpaired) electrons. The highest BCUT2D eigenvalue weighted by molar-refractivity contribution is 5.11. The third-order valence-electron chi connectivity index (χ3n) is 2.88. The molecule has 0 aromatic carbocycles. The SMILES string of the molecule is Cn1nccc1CCC(O)Cc1ccncc1. The van der Waals surface area contributed by atoms with Crippen molar-refractivity contribution in [1.29, 1.82) is 0 Å². The zero-order valence-corrected chi connectivity index (χ0v) is 9.95. The summed E-state index contributed by atoms with van der Waals surface area (Å²) in [4.78, 5) is 3.96. The van der Waals surface area contributed by atoms with E-state index in [4.69, 9.17) is 0 Å². The Morgan fingerprint density at radius 2 is 2.00 bits per heavy atom. The average molecular weight is 231 g/mol. The molecule has 4 heteroatoms. The maximum absolute atomic E-state index is 9.94. The van der Waals surface area contributed by atoms with Gasteiger partial charge in [-0.1, -0.05) is 0 Å². The van der Waals surface area contributed by atoms with Crippen LogP contribution in [-0.2, 0) is 19.9 Å². The van der Waals surface area contributed by atoms with Gasteiger partial charge in [0.05, 0.1) is 6.10 Å². The first-order valence-electron chi connectivity index (χ1n) is 5.79. The largest absolute Gasteiger partial charge is 0.393 e. The van der Waals surface area contributed by atoms with Crippen LogP contribution in [-0.4, -0.2) is 26.0 Å². The Morgan fingerprint density at radius 3 is 2.65 bits per heavy atom. The van der Waals surface area contributed by atoms with Gasteiger partial charge in [0, 0.05) is 31.3 Å². The molecule has 0 bridgehead atoms. The van der Waals surface area contributed by atoms with E-state index in [1.165, 1.54) is 0 Å². The van der Waals surface area contributed by atoms with Gasteiger partial charge in [-0.3, -0.25) is 9.67 Å².